The maximum absolute atomic E-state index is 12.7. The van der Waals surface area contributed by atoms with E-state index in [9.17, 15) is 9.59 Å². The molecule has 6 heteroatoms. The van der Waals surface area contributed by atoms with Crippen molar-refractivity contribution in [2.45, 2.75) is 13.0 Å². The Morgan fingerprint density at radius 3 is 2.86 bits per heavy atom. The fraction of sp³-hybridized carbons (Fsp3) is 0.267. The molecular formula is C15H16N4O2. The minimum absolute atomic E-state index is 0.125. The van der Waals surface area contributed by atoms with Crippen LogP contribution in [-0.4, -0.2) is 45.4 Å². The zero-order valence-electron chi connectivity index (χ0n) is 11.7. The zero-order valence-corrected chi connectivity index (χ0v) is 11.7. The lowest BCUT2D eigenvalue weighted by Crippen LogP contribution is -2.56. The van der Waals surface area contributed by atoms with E-state index in [4.69, 9.17) is 0 Å². The number of aromatic nitrogens is 2. The van der Waals surface area contributed by atoms with Gasteiger partial charge in [0.25, 0.3) is 5.91 Å². The Kier molecular flexibility index (Phi) is 3.43. The summed E-state index contributed by atoms with van der Waals surface area (Å²) in [5.41, 5.74) is 1.33. The number of carbonyl (C=O) groups excluding carboxylic acids is 2. The highest BCUT2D eigenvalue weighted by Gasteiger charge is 2.31. The number of amides is 2. The van der Waals surface area contributed by atoms with Crippen LogP contribution in [0.2, 0.25) is 0 Å². The lowest BCUT2D eigenvalue weighted by Gasteiger charge is -2.32. The van der Waals surface area contributed by atoms with Crippen LogP contribution in [0.1, 0.15) is 17.4 Å². The van der Waals surface area contributed by atoms with Crippen molar-refractivity contribution >= 4 is 11.8 Å². The Labute approximate surface area is 122 Å². The summed E-state index contributed by atoms with van der Waals surface area (Å²) in [5, 5.41) is 2.75. The van der Waals surface area contributed by atoms with Crippen LogP contribution in [0.3, 0.4) is 0 Å². The summed E-state index contributed by atoms with van der Waals surface area (Å²) in [5.74, 6) is -0.306. The first kappa shape index (κ1) is 13.4. The van der Waals surface area contributed by atoms with Crippen molar-refractivity contribution in [2.24, 2.45) is 0 Å². The van der Waals surface area contributed by atoms with Gasteiger partial charge < -0.3 is 10.2 Å². The second-order valence-electron chi connectivity index (χ2n) is 4.95. The van der Waals surface area contributed by atoms with Gasteiger partial charge >= 0.3 is 0 Å². The summed E-state index contributed by atoms with van der Waals surface area (Å²) in [7, 11) is 0. The largest absolute Gasteiger partial charge is 0.353 e. The van der Waals surface area contributed by atoms with Crippen LogP contribution in [0.15, 0.2) is 42.9 Å². The third kappa shape index (κ3) is 2.40. The first-order chi connectivity index (χ1) is 10.2. The monoisotopic (exact) mass is 284 g/mol. The van der Waals surface area contributed by atoms with Crippen molar-refractivity contribution in [2.75, 3.05) is 13.1 Å². The maximum atomic E-state index is 12.7. The van der Waals surface area contributed by atoms with Crippen LogP contribution in [0.25, 0.3) is 5.69 Å². The standard InChI is InChI=1S/C15H16N4O2/c1-11-14(20)17-7-8-18(11)15(21)13-9-16-10-19(13)12-5-3-2-4-6-12/h2-6,9-11H,7-8H2,1H3,(H,17,20). The van der Waals surface area contributed by atoms with E-state index < -0.39 is 6.04 Å². The zero-order chi connectivity index (χ0) is 14.8. The van der Waals surface area contributed by atoms with E-state index in [1.165, 1.54) is 6.20 Å². The molecule has 1 saturated heterocycles. The molecular weight excluding hydrogens is 268 g/mol. The van der Waals surface area contributed by atoms with Crippen LogP contribution < -0.4 is 5.32 Å². The number of carbonyl (C=O) groups is 2. The van der Waals surface area contributed by atoms with Gasteiger partial charge in [-0.05, 0) is 19.1 Å². The highest BCUT2D eigenvalue weighted by atomic mass is 16.2. The van der Waals surface area contributed by atoms with Crippen LogP contribution in [0.5, 0.6) is 0 Å². The Balaban J connectivity index is 1.93. The quantitative estimate of drug-likeness (QED) is 0.888. The van der Waals surface area contributed by atoms with Gasteiger partial charge in [-0.25, -0.2) is 4.98 Å². The average Bonchev–Trinajstić information content (AvgIpc) is 3.00. The van der Waals surface area contributed by atoms with Gasteiger partial charge in [-0.2, -0.15) is 0 Å². The predicted octanol–water partition coefficient (Wildman–Crippen LogP) is 0.833. The first-order valence-electron chi connectivity index (χ1n) is 6.85. The molecule has 2 amide bonds. The Bertz CT molecular complexity index is 665. The second kappa shape index (κ2) is 5.40. The molecule has 1 aromatic heterocycles. The van der Waals surface area contributed by atoms with E-state index in [2.05, 4.69) is 10.3 Å². The highest BCUT2D eigenvalue weighted by molar-refractivity contribution is 5.97. The molecule has 1 aromatic carbocycles. The molecule has 0 aliphatic carbocycles. The SMILES string of the molecule is CC1C(=O)NCCN1C(=O)c1cncn1-c1ccccc1. The lowest BCUT2D eigenvalue weighted by atomic mass is 10.2. The van der Waals surface area contributed by atoms with Gasteiger partial charge in [-0.15, -0.1) is 0 Å². The molecule has 1 aliphatic rings. The molecule has 1 atom stereocenters. The van der Waals surface area contributed by atoms with E-state index >= 15 is 0 Å². The van der Waals surface area contributed by atoms with E-state index in [1.807, 2.05) is 30.3 Å². The van der Waals surface area contributed by atoms with Gasteiger partial charge in [0.1, 0.15) is 11.7 Å². The van der Waals surface area contributed by atoms with E-state index in [0.29, 0.717) is 18.8 Å². The van der Waals surface area contributed by atoms with E-state index in [0.717, 1.165) is 5.69 Å². The van der Waals surface area contributed by atoms with Gasteiger partial charge in [0.05, 0.1) is 12.5 Å². The number of para-hydroxylation sites is 1. The number of hydrogen-bond acceptors (Lipinski definition) is 3. The fourth-order valence-electron chi connectivity index (χ4n) is 2.45. The van der Waals surface area contributed by atoms with Gasteiger partial charge in [-0.1, -0.05) is 18.2 Å². The number of imidazole rings is 1. The number of hydrogen-bond donors (Lipinski definition) is 1. The van der Waals surface area contributed by atoms with Crippen molar-refractivity contribution in [1.29, 1.82) is 0 Å². The fourth-order valence-corrected chi connectivity index (χ4v) is 2.45. The van der Waals surface area contributed by atoms with Crippen molar-refractivity contribution in [3.8, 4) is 5.69 Å². The van der Waals surface area contributed by atoms with Crippen molar-refractivity contribution in [1.82, 2.24) is 19.8 Å². The molecule has 0 bridgehead atoms. The molecule has 108 valence electrons. The highest BCUT2D eigenvalue weighted by Crippen LogP contribution is 2.15. The minimum atomic E-state index is -0.467. The summed E-state index contributed by atoms with van der Waals surface area (Å²) >= 11 is 0. The van der Waals surface area contributed by atoms with Crippen molar-refractivity contribution in [3.63, 3.8) is 0 Å². The Hall–Kier alpha value is -2.63. The molecule has 0 saturated carbocycles. The number of benzene rings is 1. The number of rotatable bonds is 2. The Morgan fingerprint density at radius 1 is 1.33 bits per heavy atom. The molecule has 1 fully saturated rings. The summed E-state index contributed by atoms with van der Waals surface area (Å²) in [6, 6.07) is 9.07. The molecule has 2 aromatic rings. The molecule has 21 heavy (non-hydrogen) atoms. The molecule has 1 N–H and O–H groups in total. The van der Waals surface area contributed by atoms with Gasteiger partial charge in [0, 0.05) is 18.8 Å². The van der Waals surface area contributed by atoms with Crippen LogP contribution in [0.4, 0.5) is 0 Å². The maximum Gasteiger partial charge on any atom is 0.273 e. The lowest BCUT2D eigenvalue weighted by molar-refractivity contribution is -0.127. The van der Waals surface area contributed by atoms with Crippen molar-refractivity contribution < 1.29 is 9.59 Å². The first-order valence-corrected chi connectivity index (χ1v) is 6.85. The summed E-state index contributed by atoms with van der Waals surface area (Å²) in [4.78, 5) is 30.1. The molecule has 0 radical (unpaired) electrons. The topological polar surface area (TPSA) is 67.2 Å². The third-order valence-electron chi connectivity index (χ3n) is 3.65. The van der Waals surface area contributed by atoms with Gasteiger partial charge in [-0.3, -0.25) is 14.2 Å². The second-order valence-corrected chi connectivity index (χ2v) is 4.95. The summed E-state index contributed by atoms with van der Waals surface area (Å²) in [6.07, 6.45) is 3.14. The molecule has 0 spiro atoms. The Morgan fingerprint density at radius 2 is 2.10 bits per heavy atom. The smallest absolute Gasteiger partial charge is 0.273 e. The van der Waals surface area contributed by atoms with E-state index in [-0.39, 0.29) is 11.8 Å². The number of nitrogens with zero attached hydrogens (tertiary/aromatic N) is 3. The molecule has 6 nitrogen and oxygen atoms in total. The number of nitrogens with one attached hydrogen (secondary N) is 1. The summed E-state index contributed by atoms with van der Waals surface area (Å²) < 4.78 is 1.74. The molecule has 1 unspecified atom stereocenters. The average molecular weight is 284 g/mol. The normalized spacial score (nSPS) is 18.4. The third-order valence-corrected chi connectivity index (χ3v) is 3.65. The minimum Gasteiger partial charge on any atom is -0.353 e. The van der Waals surface area contributed by atoms with E-state index in [1.54, 1.807) is 22.7 Å². The van der Waals surface area contributed by atoms with Crippen LogP contribution in [0, 0.1) is 0 Å². The predicted molar refractivity (Wildman–Crippen MR) is 77.1 cm³/mol. The summed E-state index contributed by atoms with van der Waals surface area (Å²) in [6.45, 7) is 2.72. The molecule has 2 heterocycles. The van der Waals surface area contributed by atoms with Crippen molar-refractivity contribution in [3.05, 3.63) is 48.5 Å². The molecule has 3 rings (SSSR count). The molecule has 1 aliphatic heterocycles. The number of piperazine rings is 1. The van der Waals surface area contributed by atoms with Crippen LogP contribution in [-0.2, 0) is 4.79 Å². The van der Waals surface area contributed by atoms with Gasteiger partial charge in [0.15, 0.2) is 0 Å². The van der Waals surface area contributed by atoms with Gasteiger partial charge in [0.2, 0.25) is 5.91 Å². The van der Waals surface area contributed by atoms with Crippen LogP contribution >= 0.6 is 0 Å².